The highest BCUT2D eigenvalue weighted by atomic mass is 16.2. The molecule has 1 saturated heterocycles. The van der Waals surface area contributed by atoms with E-state index in [2.05, 4.69) is 55.7 Å². The molecule has 1 aliphatic rings. The van der Waals surface area contributed by atoms with Crippen LogP contribution in [0.2, 0.25) is 0 Å². The van der Waals surface area contributed by atoms with Crippen molar-refractivity contribution in [3.63, 3.8) is 0 Å². The van der Waals surface area contributed by atoms with E-state index >= 15 is 0 Å². The molecule has 116 valence electrons. The molecule has 0 saturated carbocycles. The zero-order valence-electron chi connectivity index (χ0n) is 13.9. The molecule has 0 N–H and O–H groups in total. The Morgan fingerprint density at radius 1 is 1.24 bits per heavy atom. The minimum Gasteiger partial charge on any atom is -0.335 e. The van der Waals surface area contributed by atoms with E-state index in [9.17, 15) is 4.79 Å². The molecule has 3 nitrogen and oxygen atoms in total. The Morgan fingerprint density at radius 3 is 2.57 bits per heavy atom. The van der Waals surface area contributed by atoms with Crippen LogP contribution in [0.4, 0.5) is 0 Å². The minimum absolute atomic E-state index is 0.271. The van der Waals surface area contributed by atoms with Crippen LogP contribution in [0.5, 0.6) is 0 Å². The number of hydrogen-bond acceptors (Lipinski definition) is 2. The lowest BCUT2D eigenvalue weighted by Gasteiger charge is -2.28. The van der Waals surface area contributed by atoms with Gasteiger partial charge in [-0.15, -0.1) is 0 Å². The Bertz CT molecular complexity index is 494. The van der Waals surface area contributed by atoms with Crippen molar-refractivity contribution < 1.29 is 4.79 Å². The molecule has 1 unspecified atom stereocenters. The highest BCUT2D eigenvalue weighted by molar-refractivity contribution is 5.79. The van der Waals surface area contributed by atoms with Gasteiger partial charge in [0.05, 0.1) is 12.6 Å². The van der Waals surface area contributed by atoms with E-state index in [4.69, 9.17) is 0 Å². The maximum atomic E-state index is 12.6. The normalized spacial score (nSPS) is 18.5. The first-order chi connectivity index (χ1) is 10.1. The summed E-state index contributed by atoms with van der Waals surface area (Å²) in [6.45, 7) is 11.8. The van der Waals surface area contributed by atoms with E-state index in [-0.39, 0.29) is 11.9 Å². The Labute approximate surface area is 128 Å². The Balaban J connectivity index is 2.12. The monoisotopic (exact) mass is 288 g/mol. The summed E-state index contributed by atoms with van der Waals surface area (Å²) in [5, 5.41) is 0. The molecular weight excluding hydrogens is 260 g/mol. The fourth-order valence-electron chi connectivity index (χ4n) is 3.11. The van der Waals surface area contributed by atoms with Crippen molar-refractivity contribution in [2.75, 3.05) is 26.2 Å². The lowest BCUT2D eigenvalue weighted by atomic mass is 9.99. The maximum Gasteiger partial charge on any atom is 0.237 e. The molecular formula is C18H28N2O. The molecule has 1 amide bonds. The van der Waals surface area contributed by atoms with E-state index < -0.39 is 0 Å². The fraction of sp³-hybridized carbons (Fsp3) is 0.611. The van der Waals surface area contributed by atoms with Crippen LogP contribution in [0.1, 0.15) is 49.4 Å². The molecule has 0 bridgehead atoms. The number of aryl methyl sites for hydroxylation is 2. The van der Waals surface area contributed by atoms with Crippen LogP contribution < -0.4 is 0 Å². The maximum absolute atomic E-state index is 12.6. The van der Waals surface area contributed by atoms with Crippen LogP contribution in [0.15, 0.2) is 18.2 Å². The molecule has 3 heteroatoms. The van der Waals surface area contributed by atoms with E-state index in [0.717, 1.165) is 32.5 Å². The SMILES string of the molecule is CCN(CC)CC(=O)N1CCCC1c1ccc(C)c(C)c1. The number of hydrogen-bond donors (Lipinski definition) is 0. The van der Waals surface area contributed by atoms with Crippen molar-refractivity contribution in [1.82, 2.24) is 9.80 Å². The Hall–Kier alpha value is -1.35. The molecule has 21 heavy (non-hydrogen) atoms. The quantitative estimate of drug-likeness (QED) is 0.830. The number of amides is 1. The van der Waals surface area contributed by atoms with Gasteiger partial charge in [0.25, 0.3) is 0 Å². The smallest absolute Gasteiger partial charge is 0.237 e. The Morgan fingerprint density at radius 2 is 1.95 bits per heavy atom. The van der Waals surface area contributed by atoms with Crippen molar-refractivity contribution >= 4 is 5.91 Å². The van der Waals surface area contributed by atoms with Gasteiger partial charge in [-0.25, -0.2) is 0 Å². The number of benzene rings is 1. The van der Waals surface area contributed by atoms with Gasteiger partial charge >= 0.3 is 0 Å². The third kappa shape index (κ3) is 3.65. The number of likely N-dealkylation sites (tertiary alicyclic amines) is 1. The van der Waals surface area contributed by atoms with Gasteiger partial charge in [0.1, 0.15) is 0 Å². The number of rotatable bonds is 5. The van der Waals surface area contributed by atoms with Gasteiger partial charge in [-0.2, -0.15) is 0 Å². The highest BCUT2D eigenvalue weighted by Gasteiger charge is 2.30. The number of carbonyl (C=O) groups is 1. The van der Waals surface area contributed by atoms with Crippen LogP contribution in [-0.4, -0.2) is 41.9 Å². The minimum atomic E-state index is 0.271. The number of carbonyl (C=O) groups excluding carboxylic acids is 1. The van der Waals surface area contributed by atoms with E-state index in [1.807, 2.05) is 0 Å². The molecule has 0 aromatic heterocycles. The second kappa shape index (κ2) is 7.08. The molecule has 1 fully saturated rings. The van der Waals surface area contributed by atoms with Gasteiger partial charge in [-0.05, 0) is 56.5 Å². The second-order valence-corrected chi connectivity index (χ2v) is 6.05. The van der Waals surface area contributed by atoms with E-state index in [1.165, 1.54) is 16.7 Å². The third-order valence-corrected chi connectivity index (χ3v) is 4.74. The second-order valence-electron chi connectivity index (χ2n) is 6.05. The van der Waals surface area contributed by atoms with Crippen molar-refractivity contribution in [3.05, 3.63) is 34.9 Å². The molecule has 1 aromatic rings. The summed E-state index contributed by atoms with van der Waals surface area (Å²) < 4.78 is 0. The van der Waals surface area contributed by atoms with E-state index in [0.29, 0.717) is 6.54 Å². The zero-order valence-corrected chi connectivity index (χ0v) is 13.9. The van der Waals surface area contributed by atoms with Crippen molar-refractivity contribution in [3.8, 4) is 0 Å². The molecule has 1 atom stereocenters. The van der Waals surface area contributed by atoms with Gasteiger partial charge in [0, 0.05) is 6.54 Å². The van der Waals surface area contributed by atoms with Gasteiger partial charge < -0.3 is 4.90 Å². The van der Waals surface area contributed by atoms with E-state index in [1.54, 1.807) is 0 Å². The largest absolute Gasteiger partial charge is 0.335 e. The summed E-state index contributed by atoms with van der Waals surface area (Å²) in [5.74, 6) is 0.277. The Kier molecular flexibility index (Phi) is 5.40. The predicted molar refractivity (Wildman–Crippen MR) is 87.4 cm³/mol. The molecule has 2 rings (SSSR count). The topological polar surface area (TPSA) is 23.6 Å². The van der Waals surface area contributed by atoms with Crippen LogP contribution in [0.3, 0.4) is 0 Å². The average molecular weight is 288 g/mol. The molecule has 1 heterocycles. The number of likely N-dealkylation sites (N-methyl/N-ethyl adjacent to an activating group) is 1. The molecule has 1 aliphatic heterocycles. The summed E-state index contributed by atoms with van der Waals surface area (Å²) in [4.78, 5) is 16.9. The lowest BCUT2D eigenvalue weighted by Crippen LogP contribution is -2.40. The molecule has 0 aliphatic carbocycles. The third-order valence-electron chi connectivity index (χ3n) is 4.74. The zero-order chi connectivity index (χ0) is 15.4. The van der Waals surface area contributed by atoms with Crippen molar-refractivity contribution in [2.45, 2.75) is 46.6 Å². The first-order valence-electron chi connectivity index (χ1n) is 8.15. The van der Waals surface area contributed by atoms with Crippen LogP contribution in [0, 0.1) is 13.8 Å². The highest BCUT2D eigenvalue weighted by Crippen LogP contribution is 2.32. The van der Waals surface area contributed by atoms with Crippen LogP contribution in [-0.2, 0) is 4.79 Å². The fourth-order valence-corrected chi connectivity index (χ4v) is 3.11. The van der Waals surface area contributed by atoms with Gasteiger partial charge in [0.2, 0.25) is 5.91 Å². The van der Waals surface area contributed by atoms with Crippen molar-refractivity contribution in [1.29, 1.82) is 0 Å². The summed E-state index contributed by atoms with van der Waals surface area (Å²) >= 11 is 0. The first kappa shape index (κ1) is 16.0. The van der Waals surface area contributed by atoms with Crippen molar-refractivity contribution in [2.24, 2.45) is 0 Å². The standard InChI is InChI=1S/C18H28N2O/c1-5-19(6-2)13-18(21)20-11-7-8-17(20)16-10-9-14(3)15(4)12-16/h9-10,12,17H,5-8,11,13H2,1-4H3. The average Bonchev–Trinajstić information content (AvgIpc) is 2.97. The number of nitrogens with zero attached hydrogens (tertiary/aromatic N) is 2. The van der Waals surface area contributed by atoms with Gasteiger partial charge in [-0.1, -0.05) is 32.0 Å². The summed E-state index contributed by atoms with van der Waals surface area (Å²) in [6.07, 6.45) is 2.20. The summed E-state index contributed by atoms with van der Waals surface area (Å²) in [7, 11) is 0. The van der Waals surface area contributed by atoms with Crippen LogP contribution in [0.25, 0.3) is 0 Å². The molecule has 0 radical (unpaired) electrons. The van der Waals surface area contributed by atoms with Gasteiger partial charge in [-0.3, -0.25) is 9.69 Å². The predicted octanol–water partition coefficient (Wildman–Crippen LogP) is 3.31. The molecule has 0 spiro atoms. The first-order valence-corrected chi connectivity index (χ1v) is 8.15. The molecule has 1 aromatic carbocycles. The van der Waals surface area contributed by atoms with Crippen LogP contribution >= 0.6 is 0 Å². The summed E-state index contributed by atoms with van der Waals surface area (Å²) in [5.41, 5.74) is 3.93. The van der Waals surface area contributed by atoms with Gasteiger partial charge in [0.15, 0.2) is 0 Å². The summed E-state index contributed by atoms with van der Waals surface area (Å²) in [6, 6.07) is 6.89. The lowest BCUT2D eigenvalue weighted by molar-refractivity contribution is -0.133.